The zero-order chi connectivity index (χ0) is 89.6. The number of Topliss-reactive ketones (excluding diaryl/α,β-unsaturated/α-hetero) is 4. The van der Waals surface area contributed by atoms with Gasteiger partial charge in [-0.1, -0.05) is 24.3 Å². The summed E-state index contributed by atoms with van der Waals surface area (Å²) in [6, 6.07) is 36.9. The Bertz CT molecular complexity index is 4670. The molecule has 2 saturated carbocycles. The number of likely N-dealkylation sites (N-methyl/N-ethyl adjacent to an activating group) is 2. The number of nitrogens with zero attached hydrogens (tertiary/aromatic N) is 9. The first-order chi connectivity index (χ1) is 57.2. The van der Waals surface area contributed by atoms with Gasteiger partial charge in [-0.15, -0.1) is 12.4 Å². The van der Waals surface area contributed by atoms with Crippen molar-refractivity contribution in [3.8, 4) is 17.1 Å². The predicted molar refractivity (Wildman–Crippen MR) is 433 cm³/mol. The van der Waals surface area contributed by atoms with Crippen molar-refractivity contribution < 1.29 is 119 Å². The van der Waals surface area contributed by atoms with Crippen LogP contribution in [0.15, 0.2) is 177 Å². The molecule has 3 amide bonds. The number of benzene rings is 5. The summed E-state index contributed by atoms with van der Waals surface area (Å²) in [5.74, 6) is -4.33. The highest BCUT2D eigenvalue weighted by Gasteiger charge is 2.54. The molecule has 33 nitrogen and oxygen atoms in total. The zero-order valence-corrected chi connectivity index (χ0v) is 69.4. The summed E-state index contributed by atoms with van der Waals surface area (Å²) in [5, 5.41) is 62.5. The molecule has 1 unspecified atom stereocenters. The van der Waals surface area contributed by atoms with Crippen molar-refractivity contribution in [1.29, 1.82) is 0 Å². The number of amides is 3. The lowest BCUT2D eigenvalue weighted by Crippen LogP contribution is -2.48. The topological polar surface area (TPSA) is 450 Å². The molecule has 122 heavy (non-hydrogen) atoms. The van der Waals surface area contributed by atoms with Crippen molar-refractivity contribution in [2.75, 3.05) is 80.4 Å². The average molecular weight is 1750 g/mol. The minimum absolute atomic E-state index is 0. The molecule has 5 aromatic carbocycles. The van der Waals surface area contributed by atoms with Gasteiger partial charge in [0.25, 0.3) is 17.1 Å². The number of methoxy groups -OCH3 is 1. The summed E-state index contributed by atoms with van der Waals surface area (Å²) in [7, 11) is 4.70. The number of nitrogens with one attached hydrogen (secondary N) is 3. The number of alkyl halides is 3. The number of esters is 1. The van der Waals surface area contributed by atoms with Gasteiger partial charge in [0, 0.05) is 104 Å². The zero-order valence-electron chi connectivity index (χ0n) is 67.9. The largest absolute Gasteiger partial charge is 0.519 e. The SMILES string of the molecule is CC(C)(C)OC(=O)OC(=O)OC(C)(C)C.CN1C[C@H]1C(=O)CO.CN[C@@H](CO)C(=O)CO.COC(=O)[C@H](CN[C@@H]1C[C@H]1c1ccc(F)cc1)NC(=O)c1ccc(-n2cccn2)cc1.Cl.N[C@@H]1C[C@H]1c1ccc(F)cc1.O=C(CO)[C@@H]1CN1C(=O)C(F)(F)F.O=C(CO)[C@@H]1CN1C(=O)c1ccc(-n2cccn2)cc1.O=C(Cl)c1ccc(-n2cccn2)cc1. The molecule has 2 aliphatic carbocycles. The molecule has 3 saturated heterocycles. The number of hydrogen-bond donors (Lipinski definition) is 9. The third-order valence-electron chi connectivity index (χ3n) is 17.7. The van der Waals surface area contributed by atoms with Crippen LogP contribution in [0.4, 0.5) is 31.5 Å². The summed E-state index contributed by atoms with van der Waals surface area (Å²) >= 11 is 5.32. The van der Waals surface area contributed by atoms with Gasteiger partial charge in [0.2, 0.25) is 0 Å². The van der Waals surface area contributed by atoms with Gasteiger partial charge >= 0.3 is 30.4 Å². The van der Waals surface area contributed by atoms with E-state index in [2.05, 4.69) is 36.0 Å². The number of rotatable bonds is 23. The second-order valence-electron chi connectivity index (χ2n) is 29.2. The number of aliphatic hydroxyl groups is 5. The maximum atomic E-state index is 13.1. The third-order valence-corrected chi connectivity index (χ3v) is 17.9. The molecule has 40 heteroatoms. The molecule has 6 heterocycles. The maximum absolute atomic E-state index is 13.1. The van der Waals surface area contributed by atoms with Crippen LogP contribution < -0.4 is 21.7 Å². The van der Waals surface area contributed by atoms with E-state index in [1.807, 2.05) is 60.9 Å². The molecular formula is C82H98Cl2F5N13O20. The van der Waals surface area contributed by atoms with Gasteiger partial charge in [-0.3, -0.25) is 43.3 Å². The van der Waals surface area contributed by atoms with Gasteiger partial charge in [0.15, 0.2) is 23.1 Å². The first-order valence-corrected chi connectivity index (χ1v) is 37.8. The molecule has 660 valence electrons. The molecule has 10 N–H and O–H groups in total. The van der Waals surface area contributed by atoms with Crippen LogP contribution in [0.25, 0.3) is 17.1 Å². The van der Waals surface area contributed by atoms with E-state index in [4.69, 9.17) is 57.1 Å². The number of carbonyl (C=O) groups excluding carboxylic acids is 11. The number of hydrogen-bond acceptors (Lipinski definition) is 27. The quantitative estimate of drug-likeness (QED) is 0.00861. The minimum Gasteiger partial charge on any atom is -0.467 e. The van der Waals surface area contributed by atoms with Gasteiger partial charge in [0.05, 0.1) is 42.9 Å². The van der Waals surface area contributed by atoms with Crippen LogP contribution in [0.1, 0.15) is 108 Å². The van der Waals surface area contributed by atoms with Crippen LogP contribution in [-0.4, -0.2) is 274 Å². The number of halogens is 7. The van der Waals surface area contributed by atoms with E-state index in [1.165, 1.54) is 41.8 Å². The van der Waals surface area contributed by atoms with Crippen LogP contribution in [0.3, 0.4) is 0 Å². The Morgan fingerprint density at radius 2 is 0.943 bits per heavy atom. The van der Waals surface area contributed by atoms with E-state index in [1.54, 1.807) is 166 Å². The standard InChI is InChI=1S/C23H23FN4O3.C14H13N3O3.C10H7ClN2O.C10H18O5.C9H10FN.C6H6F3NO3.C5H11NO3.C5H9NO2.ClH/c1-31-23(30)21(14-25-20-13-19(20)15-3-7-17(24)8-4-15)27-22(29)16-5-9-18(10-6-16)28-12-2-11-26-28;18-9-13(19)12-8-16(12)14(20)10-2-4-11(5-3-10)17-7-1-6-15-17;11-10(14)8-2-4-9(5-3-8)13-7-1-6-12-13;1-9(2,3)14-7(11)13-8(12)15-10(4,5)6;10-7-3-1-6(2-4-7)8-5-9(8)11;7-6(8,9)5(13)10-1-3(10)4(12)2-11;1-6-4(2-7)5(9)3-8;1-6-2-4(6)5(8)3-7;/h2-12,19-21,25H,13-14H2,1H3,(H,27,29);1-7,12,18H,8-9H2;1-7H;1-6H3;1-4,8-9H,5,11H2;3,11H,1-2H2;4,6-8H,2-3H2,1H3;4,7H,2-3H2,1H3;1H/t19-,20+,21-;12-,16?;;;8-,9+;3-,10?;4-;4-,6?;/m00..0000./s1. The smallest absolute Gasteiger partial charge is 0.467 e. The molecule has 8 aromatic rings. The molecule has 0 bridgehead atoms. The molecular weight excluding hydrogens is 1650 g/mol. The maximum Gasteiger partial charge on any atom is 0.519 e. The van der Waals surface area contributed by atoms with Crippen LogP contribution in [-0.2, 0) is 47.7 Å². The summed E-state index contributed by atoms with van der Waals surface area (Å²) < 4.78 is 84.4. The van der Waals surface area contributed by atoms with Crippen molar-refractivity contribution in [2.45, 2.75) is 126 Å². The molecule has 0 radical (unpaired) electrons. The van der Waals surface area contributed by atoms with E-state index in [-0.39, 0.29) is 97.5 Å². The van der Waals surface area contributed by atoms with Gasteiger partial charge in [-0.2, -0.15) is 28.5 Å². The Balaban J connectivity index is 0.000000258. The highest BCUT2D eigenvalue weighted by atomic mass is 35.5. The Kier molecular flexibility index (Phi) is 39.5. The first-order valence-electron chi connectivity index (χ1n) is 37.4. The normalized spacial score (nSPS) is 18.2. The Morgan fingerprint density at radius 3 is 1.27 bits per heavy atom. The van der Waals surface area contributed by atoms with Gasteiger partial charge in [0.1, 0.15) is 67.4 Å². The van der Waals surface area contributed by atoms with Crippen molar-refractivity contribution in [1.82, 2.24) is 60.0 Å². The van der Waals surface area contributed by atoms with Crippen molar-refractivity contribution in [3.63, 3.8) is 0 Å². The molecule has 3 aromatic heterocycles. The second kappa shape index (κ2) is 47.7. The van der Waals surface area contributed by atoms with Crippen molar-refractivity contribution >= 4 is 88.4 Å². The lowest BCUT2D eigenvalue weighted by atomic mass is 10.1. The number of ether oxygens (including phenoxy) is 4. The summed E-state index contributed by atoms with van der Waals surface area (Å²) in [4.78, 5) is 127. The van der Waals surface area contributed by atoms with Crippen LogP contribution in [0, 0.1) is 11.6 Å². The molecule has 0 spiro atoms. The van der Waals surface area contributed by atoms with Crippen LogP contribution in [0.2, 0.25) is 0 Å². The van der Waals surface area contributed by atoms with E-state index in [0.29, 0.717) is 40.1 Å². The van der Waals surface area contributed by atoms with Crippen LogP contribution in [0.5, 0.6) is 0 Å². The Labute approximate surface area is 709 Å². The van der Waals surface area contributed by atoms with Crippen molar-refractivity contribution in [2.24, 2.45) is 5.73 Å². The predicted octanol–water partition coefficient (Wildman–Crippen LogP) is 6.18. The molecule has 5 aliphatic rings. The fourth-order valence-corrected chi connectivity index (χ4v) is 10.9. The highest BCUT2D eigenvalue weighted by molar-refractivity contribution is 6.67. The fourth-order valence-electron chi connectivity index (χ4n) is 10.8. The summed E-state index contributed by atoms with van der Waals surface area (Å²) in [5.41, 5.74) is 10.5. The molecule has 10 atom stereocenters. The second-order valence-corrected chi connectivity index (χ2v) is 29.6. The molecule has 3 aliphatic heterocycles. The number of aromatic nitrogens is 6. The Hall–Kier alpha value is -11.4. The fraction of sp³-hybridized carbons (Fsp3) is 0.390. The lowest BCUT2D eigenvalue weighted by molar-refractivity contribution is -0.180. The van der Waals surface area contributed by atoms with Gasteiger partial charge in [-0.25, -0.2) is 37.2 Å². The molecule has 5 fully saturated rings. The number of carbonyl (C=O) groups is 11. The van der Waals surface area contributed by atoms with E-state index < -0.39 is 96.6 Å². The van der Waals surface area contributed by atoms with Gasteiger partial charge in [-0.05, 0) is 206 Å². The number of aliphatic hydroxyl groups excluding tert-OH is 5. The number of ketones is 4. The number of nitrogens with two attached hydrogens (primary N) is 1. The van der Waals surface area contributed by atoms with E-state index in [9.17, 15) is 74.7 Å². The third kappa shape index (κ3) is 33.9. The minimum atomic E-state index is -4.94. The van der Waals surface area contributed by atoms with E-state index >= 15 is 0 Å². The summed E-state index contributed by atoms with van der Waals surface area (Å²) in [6.45, 7) is 8.75. The van der Waals surface area contributed by atoms with Gasteiger partial charge < -0.3 is 76.0 Å². The summed E-state index contributed by atoms with van der Waals surface area (Å²) in [6.07, 6.45) is 5.39. The van der Waals surface area contributed by atoms with E-state index in [0.717, 1.165) is 42.0 Å². The first kappa shape index (κ1) is 101. The average Bonchev–Trinajstić information content (AvgIpc) is 1.73. The highest BCUT2D eigenvalue weighted by Crippen LogP contribution is 2.41. The lowest BCUT2D eigenvalue weighted by Gasteiger charge is -2.20. The Morgan fingerprint density at radius 1 is 0.549 bits per heavy atom. The van der Waals surface area contributed by atoms with Crippen LogP contribution >= 0.6 is 24.0 Å². The monoisotopic (exact) mass is 1750 g/mol. The van der Waals surface area contributed by atoms with Crippen molar-refractivity contribution in [3.05, 3.63) is 216 Å². The molecule has 13 rings (SSSR count).